The standard InChI is InChI=1S/C23H26N2O4/c1-22(2,3)24-19-18(16-12-8-6-9-13-16)25(17-14-10-7-11-15-17)23(19,20(26)28-4)21(27)29-5/h6-15,18H,1-5H3. The predicted octanol–water partition coefficient (Wildman–Crippen LogP) is 3.57. The Morgan fingerprint density at radius 2 is 1.38 bits per heavy atom. The molecule has 0 aliphatic carbocycles. The lowest BCUT2D eigenvalue weighted by atomic mass is 9.71. The van der Waals surface area contributed by atoms with E-state index in [2.05, 4.69) is 0 Å². The largest absolute Gasteiger partial charge is 0.467 e. The first-order valence-corrected chi connectivity index (χ1v) is 9.43. The SMILES string of the molecule is COC(=O)C1(C(=O)OC)C(=NC(C)(C)C)C(c2ccccc2)N1c1ccccc1. The number of aliphatic imine (C=N–C) groups is 1. The zero-order valence-electron chi connectivity index (χ0n) is 17.4. The van der Waals surface area contributed by atoms with Crippen molar-refractivity contribution >= 4 is 23.3 Å². The maximum Gasteiger partial charge on any atom is 0.349 e. The number of esters is 2. The lowest BCUT2D eigenvalue weighted by Gasteiger charge is -2.56. The van der Waals surface area contributed by atoms with Gasteiger partial charge >= 0.3 is 11.9 Å². The van der Waals surface area contributed by atoms with Crippen molar-refractivity contribution in [3.8, 4) is 0 Å². The number of ether oxygens (including phenoxy) is 2. The minimum Gasteiger partial charge on any atom is -0.467 e. The van der Waals surface area contributed by atoms with E-state index in [0.717, 1.165) is 5.56 Å². The zero-order valence-corrected chi connectivity index (χ0v) is 17.4. The molecule has 152 valence electrons. The highest BCUT2D eigenvalue weighted by atomic mass is 16.5. The van der Waals surface area contributed by atoms with Gasteiger partial charge in [0.1, 0.15) is 0 Å². The highest BCUT2D eigenvalue weighted by Gasteiger charge is 2.70. The van der Waals surface area contributed by atoms with Crippen molar-refractivity contribution in [2.24, 2.45) is 4.99 Å². The smallest absolute Gasteiger partial charge is 0.349 e. The Labute approximate surface area is 171 Å². The molecule has 1 saturated heterocycles. The van der Waals surface area contributed by atoms with Gasteiger partial charge in [-0.25, -0.2) is 9.59 Å². The van der Waals surface area contributed by atoms with E-state index in [1.165, 1.54) is 14.2 Å². The van der Waals surface area contributed by atoms with Crippen LogP contribution in [0.25, 0.3) is 0 Å². The van der Waals surface area contributed by atoms with Crippen molar-refractivity contribution in [2.45, 2.75) is 37.9 Å². The van der Waals surface area contributed by atoms with E-state index in [1.807, 2.05) is 81.4 Å². The average Bonchev–Trinajstić information content (AvgIpc) is 2.71. The van der Waals surface area contributed by atoms with Crippen molar-refractivity contribution < 1.29 is 19.1 Å². The Bertz CT molecular complexity index is 901. The lowest BCUT2D eigenvalue weighted by molar-refractivity contribution is -0.159. The molecule has 0 spiro atoms. The van der Waals surface area contributed by atoms with Crippen LogP contribution < -0.4 is 4.90 Å². The van der Waals surface area contributed by atoms with Gasteiger partial charge < -0.3 is 14.4 Å². The Balaban J connectivity index is 2.33. The monoisotopic (exact) mass is 394 g/mol. The second-order valence-corrected chi connectivity index (χ2v) is 7.88. The zero-order chi connectivity index (χ0) is 21.2. The van der Waals surface area contributed by atoms with Gasteiger partial charge in [-0.15, -0.1) is 0 Å². The van der Waals surface area contributed by atoms with Crippen molar-refractivity contribution in [1.29, 1.82) is 0 Å². The predicted molar refractivity (Wildman–Crippen MR) is 112 cm³/mol. The highest BCUT2D eigenvalue weighted by Crippen LogP contribution is 2.49. The molecule has 0 radical (unpaired) electrons. The molecular formula is C23H26N2O4. The molecule has 0 amide bonds. The average molecular weight is 394 g/mol. The second kappa shape index (κ2) is 7.70. The number of rotatable bonds is 4. The van der Waals surface area contributed by atoms with Crippen LogP contribution in [0.1, 0.15) is 32.4 Å². The first-order valence-electron chi connectivity index (χ1n) is 9.43. The number of hydrogen-bond donors (Lipinski definition) is 0. The molecule has 0 bridgehead atoms. The molecule has 1 atom stereocenters. The topological polar surface area (TPSA) is 68.2 Å². The van der Waals surface area contributed by atoms with Crippen LogP contribution in [0.3, 0.4) is 0 Å². The Hall–Kier alpha value is -3.15. The van der Waals surface area contributed by atoms with Crippen molar-refractivity contribution in [2.75, 3.05) is 19.1 Å². The maximum absolute atomic E-state index is 13.1. The number of hydrogen-bond acceptors (Lipinski definition) is 6. The molecule has 29 heavy (non-hydrogen) atoms. The number of carbonyl (C=O) groups is 2. The van der Waals surface area contributed by atoms with Crippen molar-refractivity contribution in [3.63, 3.8) is 0 Å². The molecule has 0 saturated carbocycles. The molecule has 3 rings (SSSR count). The molecule has 0 aromatic heterocycles. The molecule has 1 fully saturated rings. The summed E-state index contributed by atoms with van der Waals surface area (Å²) >= 11 is 0. The van der Waals surface area contributed by atoms with Crippen molar-refractivity contribution in [1.82, 2.24) is 0 Å². The van der Waals surface area contributed by atoms with Crippen LogP contribution in [0.4, 0.5) is 5.69 Å². The Morgan fingerprint density at radius 1 is 0.897 bits per heavy atom. The minimum atomic E-state index is -1.78. The van der Waals surface area contributed by atoms with Gasteiger partial charge in [0.25, 0.3) is 5.54 Å². The van der Waals surface area contributed by atoms with Crippen LogP contribution in [0.15, 0.2) is 65.7 Å². The number of anilines is 1. The van der Waals surface area contributed by atoms with E-state index in [-0.39, 0.29) is 0 Å². The minimum absolute atomic E-state index is 0.406. The van der Waals surface area contributed by atoms with Gasteiger partial charge in [0, 0.05) is 5.69 Å². The summed E-state index contributed by atoms with van der Waals surface area (Å²) in [4.78, 5) is 32.8. The highest BCUT2D eigenvalue weighted by molar-refractivity contribution is 6.37. The second-order valence-electron chi connectivity index (χ2n) is 7.88. The summed E-state index contributed by atoms with van der Waals surface area (Å²) < 4.78 is 10.2. The number of para-hydroxylation sites is 1. The fourth-order valence-electron chi connectivity index (χ4n) is 3.73. The fraction of sp³-hybridized carbons (Fsp3) is 0.348. The molecule has 0 N–H and O–H groups in total. The van der Waals surface area contributed by atoms with E-state index < -0.39 is 29.1 Å². The van der Waals surface area contributed by atoms with Crippen LogP contribution in [-0.2, 0) is 19.1 Å². The summed E-state index contributed by atoms with van der Waals surface area (Å²) in [5.74, 6) is -1.44. The normalized spacial score (nSPS) is 19.4. The van der Waals surface area contributed by atoms with E-state index in [0.29, 0.717) is 11.4 Å². The summed E-state index contributed by atoms with van der Waals surface area (Å²) in [7, 11) is 2.53. The number of carbonyl (C=O) groups excluding carboxylic acids is 2. The number of methoxy groups -OCH3 is 2. The molecule has 1 unspecified atom stereocenters. The molecule has 1 aliphatic heterocycles. The van der Waals surface area contributed by atoms with Gasteiger partial charge in [-0.2, -0.15) is 0 Å². The van der Waals surface area contributed by atoms with Gasteiger partial charge in [-0.1, -0.05) is 48.5 Å². The van der Waals surface area contributed by atoms with Gasteiger partial charge in [0.05, 0.1) is 31.5 Å². The van der Waals surface area contributed by atoms with E-state index in [9.17, 15) is 9.59 Å². The lowest BCUT2D eigenvalue weighted by Crippen LogP contribution is -2.78. The first kappa shape index (κ1) is 20.6. The fourth-order valence-corrected chi connectivity index (χ4v) is 3.73. The first-order chi connectivity index (χ1) is 13.8. The van der Waals surface area contributed by atoms with E-state index in [1.54, 1.807) is 4.90 Å². The Morgan fingerprint density at radius 3 is 1.83 bits per heavy atom. The van der Waals surface area contributed by atoms with Crippen LogP contribution in [0.5, 0.6) is 0 Å². The third kappa shape index (κ3) is 3.39. The van der Waals surface area contributed by atoms with Crippen LogP contribution in [0.2, 0.25) is 0 Å². The molecule has 2 aromatic carbocycles. The number of nitrogens with zero attached hydrogens (tertiary/aromatic N) is 2. The summed E-state index contributed by atoms with van der Waals surface area (Å²) in [5, 5.41) is 0. The van der Waals surface area contributed by atoms with E-state index >= 15 is 0 Å². The Kier molecular flexibility index (Phi) is 5.46. The molecule has 6 heteroatoms. The van der Waals surface area contributed by atoms with Gasteiger partial charge in [-0.3, -0.25) is 4.99 Å². The molecule has 2 aromatic rings. The molecular weight excluding hydrogens is 368 g/mol. The summed E-state index contributed by atoms with van der Waals surface area (Å²) in [5.41, 5.74) is -0.261. The van der Waals surface area contributed by atoms with Crippen LogP contribution in [-0.4, -0.2) is 42.9 Å². The van der Waals surface area contributed by atoms with Gasteiger partial charge in [0.2, 0.25) is 0 Å². The van der Waals surface area contributed by atoms with Gasteiger partial charge in [0.15, 0.2) is 0 Å². The summed E-state index contributed by atoms with van der Waals surface area (Å²) in [6.45, 7) is 5.77. The molecule has 6 nitrogen and oxygen atoms in total. The maximum atomic E-state index is 13.1. The summed E-state index contributed by atoms with van der Waals surface area (Å²) in [6, 6.07) is 18.6. The number of benzene rings is 2. The van der Waals surface area contributed by atoms with Crippen LogP contribution >= 0.6 is 0 Å². The van der Waals surface area contributed by atoms with Crippen molar-refractivity contribution in [3.05, 3.63) is 66.2 Å². The van der Waals surface area contributed by atoms with E-state index in [4.69, 9.17) is 14.5 Å². The summed E-state index contributed by atoms with van der Waals surface area (Å²) in [6.07, 6.45) is 0. The third-order valence-corrected chi connectivity index (χ3v) is 4.82. The molecule has 1 aliphatic rings. The third-order valence-electron chi connectivity index (χ3n) is 4.82. The van der Waals surface area contributed by atoms with Crippen LogP contribution in [0, 0.1) is 0 Å². The molecule has 1 heterocycles. The quantitative estimate of drug-likeness (QED) is 0.586. The van der Waals surface area contributed by atoms with Gasteiger partial charge in [-0.05, 0) is 38.5 Å².